The van der Waals surface area contributed by atoms with Crippen molar-refractivity contribution in [2.24, 2.45) is 0 Å². The Morgan fingerprint density at radius 3 is 1.46 bits per heavy atom. The Balaban J connectivity index is 0.987. The summed E-state index contributed by atoms with van der Waals surface area (Å²) in [5.41, 5.74) is 11.6. The summed E-state index contributed by atoms with van der Waals surface area (Å²) in [5, 5.41) is 1.93. The highest BCUT2D eigenvalue weighted by Crippen LogP contribution is 2.60. The first-order valence-electron chi connectivity index (χ1n) is 42.0. The van der Waals surface area contributed by atoms with Gasteiger partial charge in [0.25, 0.3) is 6.71 Å². The Morgan fingerprint density at radius 2 is 0.867 bits per heavy atom. The highest BCUT2D eigenvalue weighted by Gasteiger charge is 2.49. The summed E-state index contributed by atoms with van der Waals surface area (Å²) in [5.74, 6) is 0.537. The Bertz CT molecular complexity index is 6750. The lowest BCUT2D eigenvalue weighted by Gasteiger charge is -2.42. The van der Waals surface area contributed by atoms with E-state index in [0.29, 0.717) is 38.9 Å². The van der Waals surface area contributed by atoms with Gasteiger partial charge in [-0.25, -0.2) is 0 Å². The molecule has 0 spiro atoms. The zero-order valence-electron chi connectivity index (χ0n) is 72.5. The fourth-order valence-corrected chi connectivity index (χ4v) is 15.9. The van der Waals surface area contributed by atoms with Crippen LogP contribution in [0.2, 0.25) is 0 Å². The summed E-state index contributed by atoms with van der Waals surface area (Å²) in [7, 11) is 0. The van der Waals surface area contributed by atoms with Crippen LogP contribution in [-0.2, 0) is 16.2 Å². The van der Waals surface area contributed by atoms with Crippen molar-refractivity contribution in [3.05, 3.63) is 348 Å². The molecule has 1 aliphatic carbocycles. The maximum Gasteiger partial charge on any atom is 0.256 e. The Kier molecular flexibility index (Phi) is 9.30. The molecule has 0 fully saturated rings. The van der Waals surface area contributed by atoms with Crippen LogP contribution in [0.5, 0.6) is 11.5 Å². The smallest absolute Gasteiger partial charge is 0.256 e. The minimum absolute atomic E-state index is 0.0915. The molecule has 0 amide bonds. The molecule has 16 aromatic rings. The lowest BCUT2D eigenvalue weighted by molar-refractivity contribution is 0.487. The van der Waals surface area contributed by atoms with Gasteiger partial charge in [-0.05, 0) is 161 Å². The van der Waals surface area contributed by atoms with Crippen LogP contribution < -0.4 is 26.0 Å². The van der Waals surface area contributed by atoms with Crippen molar-refractivity contribution in [3.8, 4) is 67.4 Å². The molecule has 2 aliphatic heterocycles. The molecule has 466 valence electrons. The van der Waals surface area contributed by atoms with Gasteiger partial charge in [0, 0.05) is 61.5 Å². The first-order chi connectivity index (χ1) is 55.4. The molecule has 98 heavy (non-hydrogen) atoms. The van der Waals surface area contributed by atoms with E-state index in [9.17, 15) is 16.4 Å². The quantitative estimate of drug-likeness (QED) is 0.142. The first kappa shape index (κ1) is 42.0. The topological polar surface area (TPSA) is 22.3 Å². The van der Waals surface area contributed by atoms with Crippen LogP contribution in [0.4, 0.5) is 17.1 Å². The van der Waals surface area contributed by atoms with E-state index in [1.54, 1.807) is 30.3 Å². The molecule has 0 bridgehead atoms. The van der Waals surface area contributed by atoms with Gasteiger partial charge in [-0.2, -0.15) is 0 Å². The van der Waals surface area contributed by atoms with Crippen LogP contribution in [0.3, 0.4) is 0 Å². The molecular formula is C93H70BN3O. The first-order valence-corrected chi connectivity index (χ1v) is 33.0. The van der Waals surface area contributed by atoms with Crippen molar-refractivity contribution in [3.63, 3.8) is 0 Å². The summed E-state index contributed by atoms with van der Waals surface area (Å²) in [4.78, 5) is 2.29. The molecule has 0 atom stereocenters. The minimum atomic E-state index is -2.29. The largest absolute Gasteiger partial charge is 0.458 e. The maximum atomic E-state index is 10.1. The second-order valence-electron chi connectivity index (χ2n) is 27.8. The molecule has 3 aliphatic rings. The van der Waals surface area contributed by atoms with Gasteiger partial charge in [0.1, 0.15) is 11.5 Å². The summed E-state index contributed by atoms with van der Waals surface area (Å²) >= 11 is 0. The number of ether oxygens (including phenoxy) is 1. The lowest BCUT2D eigenvalue weighted by atomic mass is 9.34. The van der Waals surface area contributed by atoms with Crippen LogP contribution >= 0.6 is 0 Å². The van der Waals surface area contributed by atoms with Crippen molar-refractivity contribution in [1.29, 1.82) is 0 Å². The maximum absolute atomic E-state index is 10.1. The molecule has 0 saturated carbocycles. The van der Waals surface area contributed by atoms with Gasteiger partial charge in [0.15, 0.2) is 0 Å². The van der Waals surface area contributed by atoms with Crippen molar-refractivity contribution >= 4 is 83.8 Å². The Hall–Kier alpha value is -11.7. The lowest BCUT2D eigenvalue weighted by Crippen LogP contribution is -2.59. The number of fused-ring (bicyclic) bond motifs is 13. The van der Waals surface area contributed by atoms with Crippen molar-refractivity contribution in [2.75, 3.05) is 4.90 Å². The average molecular weight is 1270 g/mol. The molecule has 14 aromatic carbocycles. The number of aromatic nitrogens is 2. The summed E-state index contributed by atoms with van der Waals surface area (Å²) in [6.45, 7) is 12.5. The van der Waals surface area contributed by atoms with Gasteiger partial charge in [-0.3, -0.25) is 0 Å². The van der Waals surface area contributed by atoms with E-state index in [-0.39, 0.29) is 72.1 Å². The van der Waals surface area contributed by atoms with E-state index >= 15 is 0 Å². The molecule has 4 nitrogen and oxygen atoms in total. The van der Waals surface area contributed by atoms with Crippen LogP contribution in [0.25, 0.3) is 99.5 Å². The van der Waals surface area contributed by atoms with Crippen LogP contribution in [-0.4, -0.2) is 15.8 Å². The highest BCUT2D eigenvalue weighted by atomic mass is 16.5. The predicted molar refractivity (Wildman–Crippen MR) is 412 cm³/mol. The number of para-hydroxylation sites is 3. The number of rotatable bonds is 8. The fraction of sp³-hybridized carbons (Fsp3) is 0.0968. The molecule has 0 unspecified atom stereocenters. The van der Waals surface area contributed by atoms with Gasteiger partial charge in [-0.1, -0.05) is 284 Å². The predicted octanol–water partition coefficient (Wildman–Crippen LogP) is 22.2. The molecule has 0 radical (unpaired) electrons. The molecular weight excluding hydrogens is 1190 g/mol. The van der Waals surface area contributed by atoms with E-state index < -0.39 is 121 Å². The third kappa shape index (κ3) is 8.58. The van der Waals surface area contributed by atoms with E-state index in [0.717, 1.165) is 77.7 Å². The van der Waals surface area contributed by atoms with Crippen molar-refractivity contribution in [2.45, 2.75) is 57.8 Å². The zero-order valence-corrected chi connectivity index (χ0v) is 54.5. The zero-order chi connectivity index (χ0) is 81.4. The van der Waals surface area contributed by atoms with Crippen LogP contribution in [0.1, 0.15) is 99.6 Å². The number of hydrogen-bond acceptors (Lipinski definition) is 2. The van der Waals surface area contributed by atoms with Crippen molar-refractivity contribution in [1.82, 2.24) is 9.13 Å². The molecule has 2 aromatic heterocycles. The average Bonchev–Trinajstić information content (AvgIpc) is 1.46. The SMILES string of the molecule is [2H]c1c([2H])c([2H])c(C2(c3c([2H])c([2H])c([2H])c([2H])c3[2H])c3ccccc3-c3cccc(-c4cc5c6c(c4)N(c4c(-c7ccccc7)cccc4-c4ccccc4)c4cc(-n7c8ccc(C(C)(C)C)cc8c8cc(C(C)(C)C)ccc87)ccc4B6c4ccc(-n6c7c([2H])c([2H])c([2H])c([2H])c7c7c([2H])c([2H])c([2H])c([2H])c76)cc4O5)c32)c([2H])c1[2H]. The van der Waals surface area contributed by atoms with Gasteiger partial charge < -0.3 is 18.8 Å². The third-order valence-electron chi connectivity index (χ3n) is 20.3. The molecule has 5 heteroatoms. The monoisotopic (exact) mass is 1270 g/mol. The number of hydrogen-bond donors (Lipinski definition) is 0. The number of anilines is 3. The highest BCUT2D eigenvalue weighted by molar-refractivity contribution is 6.99. The van der Waals surface area contributed by atoms with Gasteiger partial charge in [0.2, 0.25) is 0 Å². The van der Waals surface area contributed by atoms with Crippen molar-refractivity contribution < 1.29 is 29.4 Å². The molecule has 0 saturated heterocycles. The molecule has 0 N–H and O–H groups in total. The van der Waals surface area contributed by atoms with Gasteiger partial charge in [0.05, 0.1) is 57.8 Å². The standard InChI is InChI=1S/C93H70BN3O/c1-91(2,3)64-45-51-82-75(55-64)76-56-65(92(4,5)6)46-52-83(76)95(82)66-47-49-78-84(57-66)97(90-69(59-27-11-7-12-28-59)39-26-40-70(90)60-29-13-8-14-30-60)85-53-61(68-38-25-41-74-71-35-19-22-42-77(71)93(88(68)74,62-31-15-9-16-32-62)63-33-17-10-18-34-63)54-87-89(85)94(78)79-50-48-67(58-86(79)98-87)96-80-43-23-20-36-72(80)73-37-21-24-44-81(73)96/h7-58H,1-6H3/i9D,10D,15D,16D,17D,18D,20D,21D,23D,24D,31D,32D,33D,34D,36D,37D,43D,44D. The second-order valence-corrected chi connectivity index (χ2v) is 27.8. The number of benzene rings is 14. The Morgan fingerprint density at radius 1 is 0.367 bits per heavy atom. The van der Waals surface area contributed by atoms with Gasteiger partial charge >= 0.3 is 0 Å². The van der Waals surface area contributed by atoms with E-state index in [2.05, 4.69) is 148 Å². The second kappa shape index (κ2) is 21.7. The van der Waals surface area contributed by atoms with Crippen LogP contribution in [0, 0.1) is 0 Å². The molecule has 19 rings (SSSR count). The van der Waals surface area contributed by atoms with Gasteiger partial charge in [-0.15, -0.1) is 0 Å². The normalized spacial score (nSPS) is 16.1. The van der Waals surface area contributed by atoms with E-state index in [4.69, 9.17) is 13.0 Å². The Labute approximate surface area is 598 Å². The summed E-state index contributed by atoms with van der Waals surface area (Å²) < 4.78 is 182. The third-order valence-corrected chi connectivity index (χ3v) is 20.3. The van der Waals surface area contributed by atoms with E-state index in [1.807, 2.05) is 78.9 Å². The van der Waals surface area contributed by atoms with E-state index in [1.165, 1.54) is 4.57 Å². The summed E-state index contributed by atoms with van der Waals surface area (Å²) in [6, 6.07) is 57.2. The molecule has 4 heterocycles. The van der Waals surface area contributed by atoms with Crippen LogP contribution in [0.15, 0.2) is 315 Å². The summed E-state index contributed by atoms with van der Waals surface area (Å²) in [6.07, 6.45) is 0. The minimum Gasteiger partial charge on any atom is -0.458 e. The number of nitrogens with zero attached hydrogens (tertiary/aromatic N) is 3. The fourth-order valence-electron chi connectivity index (χ4n) is 15.9.